The van der Waals surface area contributed by atoms with Gasteiger partial charge in [0, 0.05) is 31.5 Å². The molecule has 2 rings (SSSR count). The normalized spacial score (nSPS) is 10.1. The van der Waals surface area contributed by atoms with E-state index in [4.69, 9.17) is 5.26 Å². The first-order valence-corrected chi connectivity index (χ1v) is 8.92. The molecule has 0 aromatic heterocycles. The van der Waals surface area contributed by atoms with Crippen LogP contribution in [0.2, 0.25) is 0 Å². The van der Waals surface area contributed by atoms with Crippen molar-refractivity contribution in [1.29, 1.82) is 5.26 Å². The summed E-state index contributed by atoms with van der Waals surface area (Å²) in [6, 6.07) is 15.0. The van der Waals surface area contributed by atoms with E-state index in [1.54, 1.807) is 23.1 Å². The minimum Gasteiger partial charge on any atom is -0.335 e. The third-order valence-corrected chi connectivity index (χ3v) is 4.42. The maximum Gasteiger partial charge on any atom is 0.223 e. The number of hydrogen-bond acceptors (Lipinski definition) is 3. The van der Waals surface area contributed by atoms with Gasteiger partial charge in [0.2, 0.25) is 5.91 Å². The fourth-order valence-electron chi connectivity index (χ4n) is 2.86. The molecule has 0 spiro atoms. The highest BCUT2D eigenvalue weighted by Crippen LogP contribution is 2.15. The standard InChI is InChI=1S/C23H24N2O2/c1-4-13-25(16-20-9-7-19(15-24)8-10-20)23(27)12-11-22(26)21-14-17(2)5-6-18(21)3/h4-10,14H,1,11-13,16H2,2-3H3. The minimum absolute atomic E-state index is 0.0125. The SMILES string of the molecule is C=CCN(Cc1ccc(C#N)cc1)C(=O)CCC(=O)c1cc(C)ccc1C. The van der Waals surface area contributed by atoms with E-state index in [0.29, 0.717) is 24.2 Å². The zero-order valence-electron chi connectivity index (χ0n) is 15.9. The molecule has 0 unspecified atom stereocenters. The predicted octanol–water partition coefficient (Wildman–Crippen LogP) is 4.35. The van der Waals surface area contributed by atoms with E-state index in [1.807, 2.05) is 44.2 Å². The number of carbonyl (C=O) groups excluding carboxylic acids is 2. The number of nitrogens with zero attached hydrogens (tertiary/aromatic N) is 2. The molecule has 2 aromatic rings. The van der Waals surface area contributed by atoms with E-state index in [-0.39, 0.29) is 24.5 Å². The summed E-state index contributed by atoms with van der Waals surface area (Å²) in [7, 11) is 0. The van der Waals surface area contributed by atoms with Crippen molar-refractivity contribution in [2.45, 2.75) is 33.2 Å². The highest BCUT2D eigenvalue weighted by Gasteiger charge is 2.16. The number of rotatable bonds is 8. The molecule has 1 amide bonds. The van der Waals surface area contributed by atoms with Crippen molar-refractivity contribution in [1.82, 2.24) is 4.90 Å². The molecule has 0 heterocycles. The molecule has 0 saturated carbocycles. The second-order valence-electron chi connectivity index (χ2n) is 6.61. The van der Waals surface area contributed by atoms with E-state index in [0.717, 1.165) is 16.7 Å². The van der Waals surface area contributed by atoms with Crippen LogP contribution in [0, 0.1) is 25.2 Å². The van der Waals surface area contributed by atoms with Crippen LogP contribution in [-0.4, -0.2) is 23.1 Å². The van der Waals surface area contributed by atoms with Crippen LogP contribution in [0.5, 0.6) is 0 Å². The Bertz CT molecular complexity index is 876. The molecule has 0 fully saturated rings. The molecule has 0 N–H and O–H groups in total. The van der Waals surface area contributed by atoms with Crippen LogP contribution in [0.4, 0.5) is 0 Å². The summed E-state index contributed by atoms with van der Waals surface area (Å²) in [6.45, 7) is 8.41. The van der Waals surface area contributed by atoms with Gasteiger partial charge in [0.15, 0.2) is 5.78 Å². The Balaban J connectivity index is 2.01. The fourth-order valence-corrected chi connectivity index (χ4v) is 2.86. The summed E-state index contributed by atoms with van der Waals surface area (Å²) >= 11 is 0. The number of ketones is 1. The molecular formula is C23H24N2O2. The van der Waals surface area contributed by atoms with E-state index < -0.39 is 0 Å². The van der Waals surface area contributed by atoms with Gasteiger partial charge in [0.1, 0.15) is 0 Å². The summed E-state index contributed by atoms with van der Waals surface area (Å²) in [5.74, 6) is -0.0978. The van der Waals surface area contributed by atoms with Gasteiger partial charge >= 0.3 is 0 Å². The molecule has 4 nitrogen and oxygen atoms in total. The van der Waals surface area contributed by atoms with Gasteiger partial charge < -0.3 is 4.90 Å². The van der Waals surface area contributed by atoms with Gasteiger partial charge in [0.05, 0.1) is 11.6 Å². The fraction of sp³-hybridized carbons (Fsp3) is 0.261. The second-order valence-corrected chi connectivity index (χ2v) is 6.61. The molecule has 0 radical (unpaired) electrons. The van der Waals surface area contributed by atoms with Gasteiger partial charge in [-0.3, -0.25) is 9.59 Å². The van der Waals surface area contributed by atoms with E-state index >= 15 is 0 Å². The summed E-state index contributed by atoms with van der Waals surface area (Å²) in [5.41, 5.74) is 4.16. The average molecular weight is 360 g/mol. The van der Waals surface area contributed by atoms with Crippen LogP contribution in [0.15, 0.2) is 55.1 Å². The summed E-state index contributed by atoms with van der Waals surface area (Å²) in [6.07, 6.45) is 2.02. The molecule has 27 heavy (non-hydrogen) atoms. The molecule has 0 aliphatic carbocycles. The molecule has 138 valence electrons. The number of benzene rings is 2. The summed E-state index contributed by atoms with van der Waals surface area (Å²) < 4.78 is 0. The van der Waals surface area contributed by atoms with Gasteiger partial charge in [-0.1, -0.05) is 35.9 Å². The van der Waals surface area contributed by atoms with Crippen LogP contribution in [0.3, 0.4) is 0 Å². The summed E-state index contributed by atoms with van der Waals surface area (Å²) in [5, 5.41) is 8.88. The first kappa shape index (κ1) is 20.1. The molecule has 0 saturated heterocycles. The van der Waals surface area contributed by atoms with Crippen molar-refractivity contribution >= 4 is 11.7 Å². The topological polar surface area (TPSA) is 61.2 Å². The lowest BCUT2D eigenvalue weighted by Crippen LogP contribution is -2.31. The quantitative estimate of drug-likeness (QED) is 0.519. The highest BCUT2D eigenvalue weighted by atomic mass is 16.2. The Kier molecular flexibility index (Phi) is 7.08. The van der Waals surface area contributed by atoms with Gasteiger partial charge in [0.25, 0.3) is 0 Å². The zero-order valence-corrected chi connectivity index (χ0v) is 15.9. The maximum absolute atomic E-state index is 12.6. The Morgan fingerprint density at radius 1 is 1.11 bits per heavy atom. The number of carbonyl (C=O) groups is 2. The Morgan fingerprint density at radius 2 is 1.81 bits per heavy atom. The van der Waals surface area contributed by atoms with Crippen molar-refractivity contribution in [3.8, 4) is 6.07 Å². The molecule has 0 atom stereocenters. The van der Waals surface area contributed by atoms with Crippen molar-refractivity contribution in [2.75, 3.05) is 6.54 Å². The highest BCUT2D eigenvalue weighted by molar-refractivity contribution is 5.99. The first-order chi connectivity index (χ1) is 12.9. The molecule has 0 bridgehead atoms. The van der Waals surface area contributed by atoms with Crippen LogP contribution < -0.4 is 0 Å². The zero-order chi connectivity index (χ0) is 19.8. The third-order valence-electron chi connectivity index (χ3n) is 4.42. The van der Waals surface area contributed by atoms with Crippen molar-refractivity contribution in [3.63, 3.8) is 0 Å². The molecule has 0 aliphatic rings. The number of Topliss-reactive ketones (excluding diaryl/α,β-unsaturated/α-hetero) is 1. The van der Waals surface area contributed by atoms with Crippen LogP contribution in [0.1, 0.15) is 45.5 Å². The van der Waals surface area contributed by atoms with Crippen LogP contribution in [0.25, 0.3) is 0 Å². The largest absolute Gasteiger partial charge is 0.335 e. The number of hydrogen-bond donors (Lipinski definition) is 0. The van der Waals surface area contributed by atoms with Crippen molar-refractivity contribution < 1.29 is 9.59 Å². The lowest BCUT2D eigenvalue weighted by molar-refractivity contribution is -0.131. The van der Waals surface area contributed by atoms with Crippen LogP contribution in [-0.2, 0) is 11.3 Å². The van der Waals surface area contributed by atoms with Gasteiger partial charge in [-0.15, -0.1) is 6.58 Å². The Labute approximate surface area is 160 Å². The Hall–Kier alpha value is -3.19. The summed E-state index contributed by atoms with van der Waals surface area (Å²) in [4.78, 5) is 26.8. The number of nitriles is 1. The monoisotopic (exact) mass is 360 g/mol. The molecule has 4 heteroatoms. The van der Waals surface area contributed by atoms with Crippen LogP contribution >= 0.6 is 0 Å². The van der Waals surface area contributed by atoms with Gasteiger partial charge in [-0.05, 0) is 43.2 Å². The maximum atomic E-state index is 12.6. The van der Waals surface area contributed by atoms with Gasteiger partial charge in [-0.25, -0.2) is 0 Å². The number of amides is 1. The second kappa shape index (κ2) is 9.49. The number of aryl methyl sites for hydroxylation is 2. The molecular weight excluding hydrogens is 336 g/mol. The van der Waals surface area contributed by atoms with Crippen molar-refractivity contribution in [3.05, 3.63) is 82.9 Å². The molecule has 0 aliphatic heterocycles. The average Bonchev–Trinajstić information content (AvgIpc) is 2.68. The van der Waals surface area contributed by atoms with Crippen molar-refractivity contribution in [2.24, 2.45) is 0 Å². The Morgan fingerprint density at radius 3 is 2.44 bits per heavy atom. The minimum atomic E-state index is -0.0853. The smallest absolute Gasteiger partial charge is 0.223 e. The molecule has 2 aromatic carbocycles. The lowest BCUT2D eigenvalue weighted by Gasteiger charge is -2.21. The third kappa shape index (κ3) is 5.65. The van der Waals surface area contributed by atoms with Gasteiger partial charge in [-0.2, -0.15) is 5.26 Å². The first-order valence-electron chi connectivity index (χ1n) is 8.92. The van der Waals surface area contributed by atoms with E-state index in [1.165, 1.54) is 0 Å². The predicted molar refractivity (Wildman–Crippen MR) is 106 cm³/mol. The lowest BCUT2D eigenvalue weighted by atomic mass is 9.99. The van der Waals surface area contributed by atoms with E-state index in [9.17, 15) is 9.59 Å². The van der Waals surface area contributed by atoms with E-state index in [2.05, 4.69) is 12.6 Å².